The Bertz CT molecular complexity index is 1120. The van der Waals surface area contributed by atoms with Crippen LogP contribution in [0, 0.1) is 0 Å². The molecule has 3 rings (SSSR count). The minimum atomic E-state index is -1.72. The average molecular weight is 647 g/mol. The van der Waals surface area contributed by atoms with Gasteiger partial charge in [0.05, 0.1) is 0 Å². The molecule has 3 nitrogen and oxygen atoms in total. The van der Waals surface area contributed by atoms with Gasteiger partial charge < -0.3 is 13.6 Å². The minimum absolute atomic E-state index is 0.874. The van der Waals surface area contributed by atoms with Crippen LogP contribution in [0.5, 0.6) is 17.2 Å². The maximum atomic E-state index is 6.72. The van der Waals surface area contributed by atoms with E-state index in [1.54, 1.807) is 0 Å². The largest absolute Gasteiger partial charge is 0.530 e. The second-order valence-electron chi connectivity index (χ2n) is 12.9. The summed E-state index contributed by atoms with van der Waals surface area (Å²) in [5.41, 5.74) is 3.70. The van der Waals surface area contributed by atoms with Gasteiger partial charge >= 0.3 is 8.60 Å². The van der Waals surface area contributed by atoms with E-state index >= 15 is 0 Å². The number of benzene rings is 3. The van der Waals surface area contributed by atoms with Crippen molar-refractivity contribution in [2.24, 2.45) is 0 Å². The fourth-order valence-corrected chi connectivity index (χ4v) is 7.11. The Labute approximate surface area is 283 Å². The van der Waals surface area contributed by atoms with Crippen molar-refractivity contribution in [1.82, 2.24) is 0 Å². The summed E-state index contributed by atoms with van der Waals surface area (Å²) in [6.07, 6.45) is 26.1. The van der Waals surface area contributed by atoms with Gasteiger partial charge in [-0.25, -0.2) is 0 Å². The van der Waals surface area contributed by atoms with Crippen molar-refractivity contribution in [1.29, 1.82) is 0 Å². The molecule has 0 unspecified atom stereocenters. The molecule has 46 heavy (non-hydrogen) atoms. The molecule has 0 saturated carbocycles. The molecule has 0 saturated heterocycles. The summed E-state index contributed by atoms with van der Waals surface area (Å²) in [5, 5.41) is 0. The Morgan fingerprint density at radius 2 is 0.609 bits per heavy atom. The highest BCUT2D eigenvalue weighted by Crippen LogP contribution is 2.45. The average Bonchev–Trinajstić information content (AvgIpc) is 3.08. The van der Waals surface area contributed by atoms with Gasteiger partial charge in [-0.05, 0) is 73.4 Å². The SMILES string of the molecule is CCCCCCCCCc1ccccc1OP(Oc1ccccc1CCCCCC)Oc1ccccc1CCCCCCCCC. The highest BCUT2D eigenvalue weighted by molar-refractivity contribution is 7.43. The molecule has 0 aliphatic rings. The van der Waals surface area contributed by atoms with Gasteiger partial charge in [0.2, 0.25) is 0 Å². The Morgan fingerprint density at radius 3 is 0.935 bits per heavy atom. The molecule has 0 fully saturated rings. The summed E-state index contributed by atoms with van der Waals surface area (Å²) >= 11 is 0. The third kappa shape index (κ3) is 15.4. The fraction of sp³-hybridized carbons (Fsp3) is 0.571. The Balaban J connectivity index is 1.73. The number of para-hydroxylation sites is 3. The van der Waals surface area contributed by atoms with Crippen molar-refractivity contribution in [3.63, 3.8) is 0 Å². The number of rotatable bonds is 27. The highest BCUT2D eigenvalue weighted by atomic mass is 31.2. The fourth-order valence-electron chi connectivity index (χ4n) is 5.98. The Morgan fingerprint density at radius 1 is 0.348 bits per heavy atom. The van der Waals surface area contributed by atoms with E-state index in [0.717, 1.165) is 42.9 Å². The topological polar surface area (TPSA) is 27.7 Å². The lowest BCUT2D eigenvalue weighted by molar-refractivity contribution is 0.382. The van der Waals surface area contributed by atoms with Crippen LogP contribution in [-0.2, 0) is 19.3 Å². The zero-order chi connectivity index (χ0) is 32.5. The van der Waals surface area contributed by atoms with E-state index in [0.29, 0.717) is 0 Å². The molecule has 0 amide bonds. The first-order valence-corrected chi connectivity index (χ1v) is 19.9. The molecule has 0 aromatic heterocycles. The van der Waals surface area contributed by atoms with Gasteiger partial charge in [-0.2, -0.15) is 0 Å². The van der Waals surface area contributed by atoms with Crippen LogP contribution < -0.4 is 13.6 Å². The molecular weight excluding hydrogens is 583 g/mol. The minimum Gasteiger partial charge on any atom is -0.408 e. The number of aryl methyl sites for hydroxylation is 3. The summed E-state index contributed by atoms with van der Waals surface area (Å²) in [7, 11) is -1.72. The first-order chi connectivity index (χ1) is 22.7. The van der Waals surface area contributed by atoms with Crippen molar-refractivity contribution in [2.75, 3.05) is 0 Å². The van der Waals surface area contributed by atoms with Crippen molar-refractivity contribution >= 4 is 8.60 Å². The quantitative estimate of drug-likeness (QED) is 0.0609. The van der Waals surface area contributed by atoms with Crippen molar-refractivity contribution in [3.8, 4) is 17.2 Å². The second-order valence-corrected chi connectivity index (χ2v) is 13.9. The molecule has 4 heteroatoms. The van der Waals surface area contributed by atoms with Crippen LogP contribution in [0.25, 0.3) is 0 Å². The molecule has 3 aromatic rings. The first-order valence-electron chi connectivity index (χ1n) is 18.8. The van der Waals surface area contributed by atoms with Gasteiger partial charge in [-0.1, -0.05) is 172 Å². The predicted molar refractivity (Wildman–Crippen MR) is 199 cm³/mol. The van der Waals surface area contributed by atoms with E-state index in [1.165, 1.54) is 126 Å². The van der Waals surface area contributed by atoms with E-state index in [9.17, 15) is 0 Å². The number of unbranched alkanes of at least 4 members (excludes halogenated alkanes) is 15. The Hall–Kier alpha value is -2.51. The summed E-state index contributed by atoms with van der Waals surface area (Å²) < 4.78 is 20.1. The van der Waals surface area contributed by atoms with Crippen LogP contribution in [0.1, 0.15) is 153 Å². The monoisotopic (exact) mass is 646 g/mol. The second kappa shape index (κ2) is 24.6. The van der Waals surface area contributed by atoms with Crippen LogP contribution in [0.3, 0.4) is 0 Å². The van der Waals surface area contributed by atoms with Crippen molar-refractivity contribution in [3.05, 3.63) is 89.5 Å². The summed E-state index contributed by atoms with van der Waals surface area (Å²) in [4.78, 5) is 0. The molecule has 0 bridgehead atoms. The van der Waals surface area contributed by atoms with Crippen LogP contribution >= 0.6 is 8.60 Å². The van der Waals surface area contributed by atoms with Crippen LogP contribution in [0.2, 0.25) is 0 Å². The predicted octanol–water partition coefficient (Wildman–Crippen LogP) is 14.2. The molecule has 0 aliphatic carbocycles. The van der Waals surface area contributed by atoms with Gasteiger partial charge in [0.15, 0.2) is 0 Å². The van der Waals surface area contributed by atoms with E-state index in [4.69, 9.17) is 13.6 Å². The molecule has 0 aliphatic heterocycles. The molecule has 0 spiro atoms. The van der Waals surface area contributed by atoms with Crippen LogP contribution in [0.4, 0.5) is 0 Å². The van der Waals surface area contributed by atoms with Gasteiger partial charge in [-0.3, -0.25) is 0 Å². The summed E-state index contributed by atoms with van der Waals surface area (Å²) in [6.45, 7) is 6.82. The highest BCUT2D eigenvalue weighted by Gasteiger charge is 2.24. The lowest BCUT2D eigenvalue weighted by Gasteiger charge is -2.22. The number of hydrogen-bond donors (Lipinski definition) is 0. The molecule has 3 aromatic carbocycles. The van der Waals surface area contributed by atoms with E-state index in [-0.39, 0.29) is 0 Å². The van der Waals surface area contributed by atoms with Crippen LogP contribution in [0.15, 0.2) is 72.8 Å². The lowest BCUT2D eigenvalue weighted by Crippen LogP contribution is -2.06. The number of hydrogen-bond acceptors (Lipinski definition) is 3. The van der Waals surface area contributed by atoms with E-state index < -0.39 is 8.60 Å². The van der Waals surface area contributed by atoms with E-state index in [1.807, 2.05) is 0 Å². The normalized spacial score (nSPS) is 11.2. The van der Waals surface area contributed by atoms with Gasteiger partial charge in [0, 0.05) is 0 Å². The van der Waals surface area contributed by atoms with Crippen LogP contribution in [-0.4, -0.2) is 0 Å². The first kappa shape index (κ1) is 37.9. The Kier molecular flexibility index (Phi) is 20.3. The van der Waals surface area contributed by atoms with Crippen molar-refractivity contribution < 1.29 is 13.6 Å². The standard InChI is InChI=1S/C42H63O3P/c1-4-7-10-13-15-17-20-29-38-32-23-26-35-41(38)44-46(43-40-34-25-22-31-37(40)28-19-12-9-6-3)45-42-36-27-24-33-39(42)30-21-18-16-14-11-8-5-2/h22-27,31-36H,4-21,28-30H2,1-3H3. The summed E-state index contributed by atoms with van der Waals surface area (Å²) in [6, 6.07) is 25.4. The molecule has 0 radical (unpaired) electrons. The van der Waals surface area contributed by atoms with E-state index in [2.05, 4.69) is 93.6 Å². The smallest absolute Gasteiger partial charge is 0.408 e. The van der Waals surface area contributed by atoms with Gasteiger partial charge in [-0.15, -0.1) is 0 Å². The zero-order valence-corrected chi connectivity index (χ0v) is 30.3. The molecule has 254 valence electrons. The zero-order valence-electron chi connectivity index (χ0n) is 29.4. The van der Waals surface area contributed by atoms with Gasteiger partial charge in [0.25, 0.3) is 0 Å². The summed E-state index contributed by atoms with van der Waals surface area (Å²) in [5.74, 6) is 2.63. The molecule has 0 N–H and O–H groups in total. The molecule has 0 heterocycles. The third-order valence-electron chi connectivity index (χ3n) is 8.84. The maximum Gasteiger partial charge on any atom is 0.530 e. The van der Waals surface area contributed by atoms with Gasteiger partial charge in [0.1, 0.15) is 17.2 Å². The van der Waals surface area contributed by atoms with Crippen molar-refractivity contribution in [2.45, 2.75) is 156 Å². The third-order valence-corrected chi connectivity index (χ3v) is 9.87. The maximum absolute atomic E-state index is 6.72. The molecular formula is C42H63O3P. The molecule has 0 atom stereocenters. The lowest BCUT2D eigenvalue weighted by atomic mass is 10.0.